The number of piperidine rings is 1. The normalized spacial score (nSPS) is 16.5. The van der Waals surface area contributed by atoms with Gasteiger partial charge in [0, 0.05) is 0 Å². The topological polar surface area (TPSA) is 39.1 Å². The molecule has 1 aromatic carbocycles. The predicted molar refractivity (Wildman–Crippen MR) is 69.8 cm³/mol. The molecule has 2 heterocycles. The zero-order valence-electron chi connectivity index (χ0n) is 10.6. The molecule has 0 amide bonds. The molecule has 0 unspecified atom stereocenters. The summed E-state index contributed by atoms with van der Waals surface area (Å²) in [7, 11) is 0. The Hall–Kier alpha value is -1.88. The smallest absolute Gasteiger partial charge is 0.165 e. The lowest BCUT2D eigenvalue weighted by Crippen LogP contribution is -2.29. The fourth-order valence-electron chi connectivity index (χ4n) is 2.30. The van der Waals surface area contributed by atoms with Gasteiger partial charge in [0.25, 0.3) is 0 Å². The zero-order chi connectivity index (χ0) is 13.1. The van der Waals surface area contributed by atoms with Crippen molar-refractivity contribution in [2.24, 2.45) is 0 Å². The molecular formula is C14H16FN3O. The first-order valence-electron chi connectivity index (χ1n) is 6.50. The summed E-state index contributed by atoms with van der Waals surface area (Å²) in [6.07, 6.45) is 5.58. The first-order valence-corrected chi connectivity index (χ1v) is 6.50. The minimum atomic E-state index is -0.364. The molecule has 1 aromatic heterocycles. The molecule has 1 aliphatic heterocycles. The van der Waals surface area contributed by atoms with Gasteiger partial charge in [0.05, 0.1) is 18.4 Å². The summed E-state index contributed by atoms with van der Waals surface area (Å²) >= 11 is 0. The van der Waals surface area contributed by atoms with Crippen LogP contribution in [-0.4, -0.2) is 22.9 Å². The van der Waals surface area contributed by atoms with Crippen molar-refractivity contribution in [3.63, 3.8) is 0 Å². The molecule has 0 bridgehead atoms. The van der Waals surface area contributed by atoms with E-state index < -0.39 is 0 Å². The summed E-state index contributed by atoms with van der Waals surface area (Å²) in [5.74, 6) is 0.438. The molecule has 0 atom stereocenters. The summed E-state index contributed by atoms with van der Waals surface area (Å²) in [6, 6.07) is 6.78. The minimum Gasteiger partial charge on any atom is -0.451 e. The van der Waals surface area contributed by atoms with Crippen molar-refractivity contribution in [1.29, 1.82) is 0 Å². The SMILES string of the molecule is Fc1ccccc1Oc1cnn(C2CCNCC2)c1. The molecule has 19 heavy (non-hydrogen) atoms. The summed E-state index contributed by atoms with van der Waals surface area (Å²) in [5.41, 5.74) is 0. The number of hydrogen-bond donors (Lipinski definition) is 1. The predicted octanol–water partition coefficient (Wildman–Crippen LogP) is 2.74. The zero-order valence-corrected chi connectivity index (χ0v) is 10.6. The van der Waals surface area contributed by atoms with Crippen LogP contribution in [0.25, 0.3) is 0 Å². The van der Waals surface area contributed by atoms with Crippen molar-refractivity contribution in [3.05, 3.63) is 42.5 Å². The Morgan fingerprint density at radius 1 is 1.26 bits per heavy atom. The van der Waals surface area contributed by atoms with Gasteiger partial charge in [0.2, 0.25) is 0 Å². The number of hydrogen-bond acceptors (Lipinski definition) is 3. The van der Waals surface area contributed by atoms with E-state index in [4.69, 9.17) is 4.74 Å². The van der Waals surface area contributed by atoms with Crippen LogP contribution in [0.3, 0.4) is 0 Å². The average molecular weight is 261 g/mol. The minimum absolute atomic E-state index is 0.229. The summed E-state index contributed by atoms with van der Waals surface area (Å²) in [6.45, 7) is 2.02. The van der Waals surface area contributed by atoms with E-state index in [1.807, 2.05) is 10.9 Å². The lowest BCUT2D eigenvalue weighted by atomic mass is 10.1. The monoisotopic (exact) mass is 261 g/mol. The van der Waals surface area contributed by atoms with Crippen molar-refractivity contribution in [3.8, 4) is 11.5 Å². The molecule has 4 nitrogen and oxygen atoms in total. The molecule has 1 N–H and O–H groups in total. The maximum Gasteiger partial charge on any atom is 0.165 e. The second kappa shape index (κ2) is 5.40. The Morgan fingerprint density at radius 2 is 2.05 bits per heavy atom. The van der Waals surface area contributed by atoms with E-state index in [0.29, 0.717) is 11.8 Å². The van der Waals surface area contributed by atoms with E-state index in [2.05, 4.69) is 10.4 Å². The van der Waals surface area contributed by atoms with Gasteiger partial charge in [-0.2, -0.15) is 5.10 Å². The van der Waals surface area contributed by atoms with Crippen LogP contribution in [0, 0.1) is 5.82 Å². The maximum atomic E-state index is 13.5. The van der Waals surface area contributed by atoms with Crippen LogP contribution in [0.1, 0.15) is 18.9 Å². The molecule has 1 fully saturated rings. The number of ether oxygens (including phenoxy) is 1. The van der Waals surface area contributed by atoms with Gasteiger partial charge in [-0.1, -0.05) is 12.1 Å². The molecule has 3 rings (SSSR count). The Balaban J connectivity index is 1.73. The van der Waals surface area contributed by atoms with Crippen LogP contribution in [0.15, 0.2) is 36.7 Å². The summed E-state index contributed by atoms with van der Waals surface area (Å²) < 4.78 is 20.9. The van der Waals surface area contributed by atoms with Gasteiger partial charge < -0.3 is 10.1 Å². The standard InChI is InChI=1S/C14H16FN3O/c15-13-3-1-2-4-14(13)19-12-9-17-18(10-12)11-5-7-16-8-6-11/h1-4,9-11,16H,5-8H2. The lowest BCUT2D eigenvalue weighted by Gasteiger charge is -2.22. The first kappa shape index (κ1) is 12.2. The highest BCUT2D eigenvalue weighted by molar-refractivity contribution is 5.29. The Labute approximate surface area is 111 Å². The van der Waals surface area contributed by atoms with Crippen molar-refractivity contribution >= 4 is 0 Å². The van der Waals surface area contributed by atoms with E-state index in [-0.39, 0.29) is 11.6 Å². The third-order valence-electron chi connectivity index (χ3n) is 3.33. The third-order valence-corrected chi connectivity index (χ3v) is 3.33. The number of nitrogens with one attached hydrogen (secondary N) is 1. The fourth-order valence-corrected chi connectivity index (χ4v) is 2.30. The summed E-state index contributed by atoms with van der Waals surface area (Å²) in [4.78, 5) is 0. The van der Waals surface area contributed by atoms with E-state index in [0.717, 1.165) is 25.9 Å². The molecule has 5 heteroatoms. The molecular weight excluding hydrogens is 245 g/mol. The Morgan fingerprint density at radius 3 is 2.84 bits per heavy atom. The van der Waals surface area contributed by atoms with E-state index >= 15 is 0 Å². The van der Waals surface area contributed by atoms with Gasteiger partial charge in [-0.05, 0) is 38.1 Å². The van der Waals surface area contributed by atoms with Gasteiger partial charge in [-0.3, -0.25) is 4.68 Å². The number of benzene rings is 1. The van der Waals surface area contributed by atoms with Crippen LogP contribution < -0.4 is 10.1 Å². The van der Waals surface area contributed by atoms with Gasteiger partial charge in [-0.15, -0.1) is 0 Å². The third kappa shape index (κ3) is 2.76. The van der Waals surface area contributed by atoms with Crippen molar-refractivity contribution < 1.29 is 9.13 Å². The first-order chi connectivity index (χ1) is 9.33. The van der Waals surface area contributed by atoms with Gasteiger partial charge in [-0.25, -0.2) is 4.39 Å². The molecule has 1 aliphatic rings. The van der Waals surface area contributed by atoms with Crippen LogP contribution in [0.2, 0.25) is 0 Å². The van der Waals surface area contributed by atoms with Gasteiger partial charge in [0.15, 0.2) is 17.3 Å². The molecule has 0 spiro atoms. The number of aromatic nitrogens is 2. The fraction of sp³-hybridized carbons (Fsp3) is 0.357. The average Bonchev–Trinajstić information content (AvgIpc) is 2.91. The number of rotatable bonds is 3. The van der Waals surface area contributed by atoms with Crippen LogP contribution >= 0.6 is 0 Å². The van der Waals surface area contributed by atoms with Crippen LogP contribution in [0.5, 0.6) is 11.5 Å². The molecule has 100 valence electrons. The lowest BCUT2D eigenvalue weighted by molar-refractivity contribution is 0.342. The van der Waals surface area contributed by atoms with Crippen molar-refractivity contribution in [2.45, 2.75) is 18.9 Å². The van der Waals surface area contributed by atoms with Gasteiger partial charge in [0.1, 0.15) is 0 Å². The molecule has 0 aliphatic carbocycles. The second-order valence-electron chi connectivity index (χ2n) is 4.67. The number of para-hydroxylation sites is 1. The Bertz CT molecular complexity index is 549. The van der Waals surface area contributed by atoms with Crippen molar-refractivity contribution in [2.75, 3.05) is 13.1 Å². The maximum absolute atomic E-state index is 13.5. The van der Waals surface area contributed by atoms with Gasteiger partial charge >= 0.3 is 0 Å². The van der Waals surface area contributed by atoms with E-state index in [1.54, 1.807) is 24.4 Å². The largest absolute Gasteiger partial charge is 0.451 e. The highest BCUT2D eigenvalue weighted by Crippen LogP contribution is 2.26. The summed E-state index contributed by atoms with van der Waals surface area (Å²) in [5, 5.41) is 7.62. The van der Waals surface area contributed by atoms with E-state index in [1.165, 1.54) is 6.07 Å². The van der Waals surface area contributed by atoms with Crippen LogP contribution in [0.4, 0.5) is 4.39 Å². The molecule has 1 saturated heterocycles. The number of halogens is 1. The Kier molecular flexibility index (Phi) is 3.46. The highest BCUT2D eigenvalue weighted by atomic mass is 19.1. The second-order valence-corrected chi connectivity index (χ2v) is 4.67. The molecule has 0 saturated carbocycles. The molecule has 0 radical (unpaired) electrons. The highest BCUT2D eigenvalue weighted by Gasteiger charge is 2.16. The quantitative estimate of drug-likeness (QED) is 0.923. The van der Waals surface area contributed by atoms with E-state index in [9.17, 15) is 4.39 Å². The van der Waals surface area contributed by atoms with Crippen molar-refractivity contribution in [1.82, 2.24) is 15.1 Å². The molecule has 2 aromatic rings. The van der Waals surface area contributed by atoms with Crippen LogP contribution in [-0.2, 0) is 0 Å². The number of nitrogens with zero attached hydrogens (tertiary/aromatic N) is 2.